The molecule has 2 unspecified atom stereocenters. The molecule has 18 heavy (non-hydrogen) atoms. The van der Waals surface area contributed by atoms with E-state index in [0.29, 0.717) is 0 Å². The maximum atomic E-state index is 11.9. The van der Waals surface area contributed by atoms with Crippen LogP contribution in [-0.2, 0) is 4.79 Å². The zero-order chi connectivity index (χ0) is 13.5. The Morgan fingerprint density at radius 1 is 1.28 bits per heavy atom. The Balaban J connectivity index is 2.72. The fourth-order valence-electron chi connectivity index (χ4n) is 2.08. The summed E-state index contributed by atoms with van der Waals surface area (Å²) >= 11 is 0. The standard InChI is InChI=1S/C15H24N2O/c1-5-9-14(13-10-7-6-8-11-13)16-12(2)15(18)17(3)4/h6-8,10-12,14,16H,5,9H2,1-4H3. The van der Waals surface area contributed by atoms with Crippen LogP contribution < -0.4 is 5.32 Å². The van der Waals surface area contributed by atoms with E-state index in [0.717, 1.165) is 12.8 Å². The first-order valence-corrected chi connectivity index (χ1v) is 6.58. The van der Waals surface area contributed by atoms with Gasteiger partial charge in [0.15, 0.2) is 0 Å². The van der Waals surface area contributed by atoms with Gasteiger partial charge in [-0.05, 0) is 18.9 Å². The average Bonchev–Trinajstić information content (AvgIpc) is 2.38. The molecule has 0 bridgehead atoms. The van der Waals surface area contributed by atoms with Gasteiger partial charge < -0.3 is 4.90 Å². The summed E-state index contributed by atoms with van der Waals surface area (Å²) < 4.78 is 0. The van der Waals surface area contributed by atoms with Crippen LogP contribution in [0.4, 0.5) is 0 Å². The number of nitrogens with zero attached hydrogens (tertiary/aromatic N) is 1. The Bertz CT molecular complexity index is 362. The smallest absolute Gasteiger partial charge is 0.238 e. The van der Waals surface area contributed by atoms with Crippen molar-refractivity contribution in [2.75, 3.05) is 14.1 Å². The fraction of sp³-hybridized carbons (Fsp3) is 0.533. The molecule has 2 atom stereocenters. The van der Waals surface area contributed by atoms with Gasteiger partial charge in [-0.2, -0.15) is 0 Å². The number of benzene rings is 1. The molecule has 1 rings (SSSR count). The molecule has 3 heteroatoms. The first-order chi connectivity index (χ1) is 8.56. The Kier molecular flexibility index (Phi) is 5.86. The minimum Gasteiger partial charge on any atom is -0.347 e. The highest BCUT2D eigenvalue weighted by atomic mass is 16.2. The number of carbonyl (C=O) groups excluding carboxylic acids is 1. The third kappa shape index (κ3) is 4.15. The summed E-state index contributed by atoms with van der Waals surface area (Å²) in [6, 6.07) is 10.4. The molecule has 1 aromatic carbocycles. The van der Waals surface area contributed by atoms with Crippen LogP contribution in [0.25, 0.3) is 0 Å². The number of likely N-dealkylation sites (N-methyl/N-ethyl adjacent to an activating group) is 1. The molecule has 1 N–H and O–H groups in total. The molecule has 0 aromatic heterocycles. The van der Waals surface area contributed by atoms with Crippen LogP contribution in [-0.4, -0.2) is 30.9 Å². The molecule has 0 saturated heterocycles. The summed E-state index contributed by atoms with van der Waals surface area (Å²) in [6.07, 6.45) is 2.13. The Morgan fingerprint density at radius 3 is 2.39 bits per heavy atom. The van der Waals surface area contributed by atoms with E-state index in [9.17, 15) is 4.79 Å². The maximum Gasteiger partial charge on any atom is 0.238 e. The molecule has 1 aromatic rings. The Hall–Kier alpha value is -1.35. The first-order valence-electron chi connectivity index (χ1n) is 6.58. The number of hydrogen-bond acceptors (Lipinski definition) is 2. The molecule has 0 radical (unpaired) electrons. The topological polar surface area (TPSA) is 32.3 Å². The van der Waals surface area contributed by atoms with Crippen LogP contribution in [0.15, 0.2) is 30.3 Å². The fourth-order valence-corrected chi connectivity index (χ4v) is 2.08. The van der Waals surface area contributed by atoms with Gasteiger partial charge in [-0.25, -0.2) is 0 Å². The van der Waals surface area contributed by atoms with E-state index in [-0.39, 0.29) is 18.0 Å². The lowest BCUT2D eigenvalue weighted by molar-refractivity contribution is -0.130. The highest BCUT2D eigenvalue weighted by Gasteiger charge is 2.19. The monoisotopic (exact) mass is 248 g/mol. The van der Waals surface area contributed by atoms with Crippen molar-refractivity contribution in [1.82, 2.24) is 10.2 Å². The number of amides is 1. The third-order valence-electron chi connectivity index (χ3n) is 3.04. The van der Waals surface area contributed by atoms with Crippen LogP contribution >= 0.6 is 0 Å². The second-order valence-electron chi connectivity index (χ2n) is 4.87. The van der Waals surface area contributed by atoms with Gasteiger partial charge in [-0.15, -0.1) is 0 Å². The van der Waals surface area contributed by atoms with Crippen LogP contribution in [0.1, 0.15) is 38.3 Å². The van der Waals surface area contributed by atoms with Crippen LogP contribution in [0.3, 0.4) is 0 Å². The van der Waals surface area contributed by atoms with Gasteiger partial charge in [-0.3, -0.25) is 10.1 Å². The highest BCUT2D eigenvalue weighted by molar-refractivity contribution is 5.80. The molecule has 0 aliphatic carbocycles. The second kappa shape index (κ2) is 7.17. The van der Waals surface area contributed by atoms with Crippen molar-refractivity contribution in [1.29, 1.82) is 0 Å². The minimum absolute atomic E-state index is 0.118. The lowest BCUT2D eigenvalue weighted by atomic mass is 10.0. The zero-order valence-corrected chi connectivity index (χ0v) is 11.8. The average molecular weight is 248 g/mol. The number of rotatable bonds is 6. The molecule has 0 fully saturated rings. The summed E-state index contributed by atoms with van der Waals surface area (Å²) in [5, 5.41) is 3.42. The molecular weight excluding hydrogens is 224 g/mol. The van der Waals surface area contributed by atoms with Gasteiger partial charge in [-0.1, -0.05) is 43.7 Å². The zero-order valence-electron chi connectivity index (χ0n) is 11.8. The Morgan fingerprint density at radius 2 is 1.89 bits per heavy atom. The van der Waals surface area contributed by atoms with Crippen molar-refractivity contribution in [2.24, 2.45) is 0 Å². The van der Waals surface area contributed by atoms with E-state index >= 15 is 0 Å². The molecule has 100 valence electrons. The van der Waals surface area contributed by atoms with Crippen molar-refractivity contribution >= 4 is 5.91 Å². The molecule has 0 saturated carbocycles. The molecule has 0 aliphatic heterocycles. The summed E-state index contributed by atoms with van der Waals surface area (Å²) in [5.74, 6) is 0.118. The van der Waals surface area contributed by atoms with E-state index in [1.165, 1.54) is 5.56 Å². The quantitative estimate of drug-likeness (QED) is 0.839. The first kappa shape index (κ1) is 14.7. The molecule has 0 heterocycles. The number of hydrogen-bond donors (Lipinski definition) is 1. The second-order valence-corrected chi connectivity index (χ2v) is 4.87. The van der Waals surface area contributed by atoms with E-state index in [2.05, 4.69) is 24.4 Å². The number of nitrogens with one attached hydrogen (secondary N) is 1. The van der Waals surface area contributed by atoms with E-state index in [1.54, 1.807) is 19.0 Å². The van der Waals surface area contributed by atoms with Gasteiger partial charge >= 0.3 is 0 Å². The lowest BCUT2D eigenvalue weighted by Crippen LogP contribution is -2.43. The minimum atomic E-state index is -0.156. The normalized spacial score (nSPS) is 14.0. The SMILES string of the molecule is CCCC(NC(C)C(=O)N(C)C)c1ccccc1. The summed E-state index contributed by atoms with van der Waals surface area (Å²) in [5.41, 5.74) is 1.25. The maximum absolute atomic E-state index is 11.9. The summed E-state index contributed by atoms with van der Waals surface area (Å²) in [6.45, 7) is 4.09. The van der Waals surface area contributed by atoms with Gasteiger partial charge in [0.05, 0.1) is 6.04 Å². The van der Waals surface area contributed by atoms with Crippen LogP contribution in [0.5, 0.6) is 0 Å². The van der Waals surface area contributed by atoms with Crippen molar-refractivity contribution in [2.45, 2.75) is 38.8 Å². The largest absolute Gasteiger partial charge is 0.347 e. The van der Waals surface area contributed by atoms with Crippen molar-refractivity contribution in [3.8, 4) is 0 Å². The lowest BCUT2D eigenvalue weighted by Gasteiger charge is -2.25. The third-order valence-corrected chi connectivity index (χ3v) is 3.04. The molecule has 3 nitrogen and oxygen atoms in total. The predicted molar refractivity (Wildman–Crippen MR) is 75.4 cm³/mol. The predicted octanol–water partition coefficient (Wildman–Crippen LogP) is 2.59. The molecular formula is C15H24N2O. The highest BCUT2D eigenvalue weighted by Crippen LogP contribution is 2.18. The van der Waals surface area contributed by atoms with E-state index in [1.807, 2.05) is 25.1 Å². The van der Waals surface area contributed by atoms with E-state index < -0.39 is 0 Å². The molecule has 1 amide bonds. The van der Waals surface area contributed by atoms with Gasteiger partial charge in [0, 0.05) is 20.1 Å². The van der Waals surface area contributed by atoms with Crippen molar-refractivity contribution in [3.63, 3.8) is 0 Å². The number of carbonyl (C=O) groups is 1. The van der Waals surface area contributed by atoms with Gasteiger partial charge in [0.2, 0.25) is 5.91 Å². The van der Waals surface area contributed by atoms with Crippen LogP contribution in [0.2, 0.25) is 0 Å². The van der Waals surface area contributed by atoms with Gasteiger partial charge in [0.1, 0.15) is 0 Å². The summed E-state index contributed by atoms with van der Waals surface area (Å²) in [7, 11) is 3.58. The van der Waals surface area contributed by atoms with Crippen molar-refractivity contribution < 1.29 is 4.79 Å². The van der Waals surface area contributed by atoms with E-state index in [4.69, 9.17) is 0 Å². The molecule has 0 spiro atoms. The van der Waals surface area contributed by atoms with Crippen LogP contribution in [0, 0.1) is 0 Å². The van der Waals surface area contributed by atoms with Gasteiger partial charge in [0.25, 0.3) is 0 Å². The molecule has 0 aliphatic rings. The van der Waals surface area contributed by atoms with Crippen molar-refractivity contribution in [3.05, 3.63) is 35.9 Å². The summed E-state index contributed by atoms with van der Waals surface area (Å²) in [4.78, 5) is 13.5. The Labute approximate surface area is 110 Å².